The zero-order valence-electron chi connectivity index (χ0n) is 20.6. The number of piperidine rings is 2. The zero-order chi connectivity index (χ0) is 25.4. The quantitative estimate of drug-likeness (QED) is 0.427. The van der Waals surface area contributed by atoms with Crippen molar-refractivity contribution in [3.05, 3.63) is 72.4 Å². The summed E-state index contributed by atoms with van der Waals surface area (Å²) in [5, 5.41) is 0. The summed E-state index contributed by atoms with van der Waals surface area (Å²) in [5.41, 5.74) is 1.42. The van der Waals surface area contributed by atoms with E-state index in [9.17, 15) is 9.18 Å². The van der Waals surface area contributed by atoms with Crippen LogP contribution in [0.4, 0.5) is 8.78 Å². The number of amides is 1. The molecule has 1 amide bonds. The lowest BCUT2D eigenvalue weighted by molar-refractivity contribution is -0.148. The molecule has 3 aromatic heterocycles. The van der Waals surface area contributed by atoms with Crippen LogP contribution in [-0.4, -0.2) is 67.1 Å². The second-order valence-corrected chi connectivity index (χ2v) is 10.1. The van der Waals surface area contributed by atoms with Gasteiger partial charge in [0, 0.05) is 75.8 Å². The van der Waals surface area contributed by atoms with Crippen molar-refractivity contribution in [2.24, 2.45) is 0 Å². The number of halogens is 2. The predicted molar refractivity (Wildman–Crippen MR) is 137 cm³/mol. The van der Waals surface area contributed by atoms with Crippen LogP contribution in [0.15, 0.2) is 60.9 Å². The van der Waals surface area contributed by atoms with Gasteiger partial charge in [-0.15, -0.1) is 0 Å². The highest BCUT2D eigenvalue weighted by molar-refractivity contribution is 5.85. The van der Waals surface area contributed by atoms with Gasteiger partial charge in [0.2, 0.25) is 0 Å². The van der Waals surface area contributed by atoms with Crippen LogP contribution in [0.5, 0.6) is 0 Å². The lowest BCUT2D eigenvalue weighted by atomic mass is 9.90. The molecule has 0 atom stereocenters. The molecule has 0 radical (unpaired) electrons. The van der Waals surface area contributed by atoms with Gasteiger partial charge in [0.25, 0.3) is 5.91 Å². The van der Waals surface area contributed by atoms with Crippen LogP contribution < -0.4 is 0 Å². The van der Waals surface area contributed by atoms with E-state index in [0.29, 0.717) is 56.1 Å². The van der Waals surface area contributed by atoms with E-state index in [-0.39, 0.29) is 30.6 Å². The number of hydrogen-bond donors (Lipinski definition) is 1. The molecule has 0 saturated carbocycles. The summed E-state index contributed by atoms with van der Waals surface area (Å²) < 4.78 is 31.9. The fourth-order valence-corrected chi connectivity index (χ4v) is 5.71. The normalized spacial score (nSPS) is 18.9. The number of likely N-dealkylation sites (tertiary alicyclic amines) is 2. The van der Waals surface area contributed by atoms with E-state index >= 15 is 4.39 Å². The van der Waals surface area contributed by atoms with Gasteiger partial charge in [-0.2, -0.15) is 0 Å². The zero-order valence-corrected chi connectivity index (χ0v) is 20.6. The van der Waals surface area contributed by atoms with Crippen LogP contribution in [0.3, 0.4) is 0 Å². The first-order valence-corrected chi connectivity index (χ1v) is 12.9. The summed E-state index contributed by atoms with van der Waals surface area (Å²) in [6.07, 6.45) is 5.37. The van der Waals surface area contributed by atoms with E-state index in [1.165, 1.54) is 12.1 Å². The molecule has 2 saturated heterocycles. The maximum Gasteiger partial charge on any atom is 0.260 e. The lowest BCUT2D eigenvalue weighted by Crippen LogP contribution is -2.53. The van der Waals surface area contributed by atoms with Crippen LogP contribution >= 0.6 is 0 Å². The van der Waals surface area contributed by atoms with Gasteiger partial charge < -0.3 is 14.5 Å². The molecule has 37 heavy (non-hydrogen) atoms. The van der Waals surface area contributed by atoms with Gasteiger partial charge in [0.05, 0.1) is 11.0 Å². The van der Waals surface area contributed by atoms with Gasteiger partial charge >= 0.3 is 0 Å². The summed E-state index contributed by atoms with van der Waals surface area (Å²) >= 11 is 0. The molecular formula is C28H30F2N6O. The van der Waals surface area contributed by atoms with Crippen molar-refractivity contribution < 1.29 is 13.6 Å². The second kappa shape index (κ2) is 9.70. The Morgan fingerprint density at radius 3 is 2.57 bits per heavy atom. The van der Waals surface area contributed by atoms with Crippen LogP contribution in [0.2, 0.25) is 0 Å². The highest BCUT2D eigenvalue weighted by Gasteiger charge is 2.45. The fraction of sp³-hybridized carbons (Fsp3) is 0.393. The number of carbonyl (C=O) groups excluding carboxylic acids is 1. The summed E-state index contributed by atoms with van der Waals surface area (Å²) in [7, 11) is 0. The van der Waals surface area contributed by atoms with Crippen molar-refractivity contribution in [2.75, 3.05) is 26.2 Å². The Hall–Kier alpha value is -3.59. The predicted octanol–water partition coefficient (Wildman–Crippen LogP) is 4.73. The first kappa shape index (κ1) is 23.8. The Morgan fingerprint density at radius 1 is 1.05 bits per heavy atom. The van der Waals surface area contributed by atoms with E-state index in [0.717, 1.165) is 17.8 Å². The Balaban J connectivity index is 1.15. The number of fused-ring (bicyclic) bond motifs is 1. The number of pyridine rings is 1. The number of carbonyl (C=O) groups is 1. The molecule has 2 fully saturated rings. The minimum Gasteiger partial charge on any atom is -0.364 e. The Morgan fingerprint density at radius 2 is 1.86 bits per heavy atom. The van der Waals surface area contributed by atoms with Crippen molar-refractivity contribution in [3.8, 4) is 11.5 Å². The van der Waals surface area contributed by atoms with E-state index in [1.54, 1.807) is 17.2 Å². The largest absolute Gasteiger partial charge is 0.364 e. The number of nitrogens with one attached hydrogen (secondary N) is 1. The van der Waals surface area contributed by atoms with Crippen LogP contribution in [-0.2, 0) is 11.3 Å². The lowest BCUT2D eigenvalue weighted by Gasteiger charge is -2.40. The molecular weight excluding hydrogens is 474 g/mol. The van der Waals surface area contributed by atoms with Crippen LogP contribution in [0, 0.1) is 5.82 Å². The molecule has 1 aromatic carbocycles. The highest BCUT2D eigenvalue weighted by atomic mass is 19.1. The summed E-state index contributed by atoms with van der Waals surface area (Å²) in [5.74, 6) is -0.0345. The maximum absolute atomic E-state index is 15.8. The number of benzene rings is 1. The number of H-pyrrole nitrogens is 1. The molecule has 1 N–H and O–H groups in total. The molecule has 192 valence electrons. The topological polar surface area (TPSA) is 70.1 Å². The molecule has 9 heteroatoms. The fourth-order valence-electron chi connectivity index (χ4n) is 5.71. The number of aromatic amines is 1. The third kappa shape index (κ3) is 4.64. The van der Waals surface area contributed by atoms with Crippen LogP contribution in [0.1, 0.15) is 37.4 Å². The molecule has 4 aromatic rings. The average Bonchev–Trinajstić information content (AvgIpc) is 3.58. The van der Waals surface area contributed by atoms with E-state index < -0.39 is 5.67 Å². The minimum absolute atomic E-state index is 0.0507. The average molecular weight is 505 g/mol. The molecule has 2 aliphatic heterocycles. The third-order valence-corrected chi connectivity index (χ3v) is 7.75. The molecule has 7 nitrogen and oxygen atoms in total. The van der Waals surface area contributed by atoms with Gasteiger partial charge in [0.1, 0.15) is 11.5 Å². The van der Waals surface area contributed by atoms with Gasteiger partial charge in [-0.25, -0.2) is 13.8 Å². The summed E-state index contributed by atoms with van der Waals surface area (Å²) in [6, 6.07) is 14.3. The van der Waals surface area contributed by atoms with Gasteiger partial charge in [0.15, 0.2) is 11.5 Å². The van der Waals surface area contributed by atoms with E-state index in [2.05, 4.69) is 19.4 Å². The van der Waals surface area contributed by atoms with Crippen LogP contribution in [0.25, 0.3) is 22.6 Å². The smallest absolute Gasteiger partial charge is 0.260 e. The number of nitrogens with zero attached hydrogens (tertiary/aromatic N) is 5. The second-order valence-electron chi connectivity index (χ2n) is 10.1. The Labute approximate surface area is 214 Å². The number of imidazole rings is 1. The Kier molecular flexibility index (Phi) is 6.24. The molecule has 0 spiro atoms. The van der Waals surface area contributed by atoms with Gasteiger partial charge in [-0.3, -0.25) is 14.7 Å². The minimum atomic E-state index is -1.81. The van der Waals surface area contributed by atoms with Crippen molar-refractivity contribution in [1.29, 1.82) is 0 Å². The molecule has 2 aliphatic rings. The maximum atomic E-state index is 15.8. The van der Waals surface area contributed by atoms with Gasteiger partial charge in [-0.1, -0.05) is 6.07 Å². The van der Waals surface area contributed by atoms with Crippen molar-refractivity contribution in [2.45, 2.75) is 43.9 Å². The number of alkyl halides is 1. The molecule has 0 bridgehead atoms. The van der Waals surface area contributed by atoms with E-state index in [1.807, 2.05) is 36.5 Å². The molecule has 0 aliphatic carbocycles. The molecule has 0 unspecified atom stereocenters. The molecule has 5 heterocycles. The number of hydrogen-bond acceptors (Lipinski definition) is 4. The number of aromatic nitrogens is 4. The first-order valence-electron chi connectivity index (χ1n) is 12.9. The Bertz CT molecular complexity index is 1370. The first-order chi connectivity index (χ1) is 18.0. The molecule has 6 rings (SSSR count). The standard InChI is InChI=1S/C28H30F2N6O/c29-20-6-7-25-24(18-20)33-26(23-5-1-2-12-32-23)36(25)22-8-14-35(15-9-22)27(37)28(30)10-16-34(17-11-28)19-21-4-3-13-31-21/h1-7,12-13,18,22,31H,8-11,14-17,19H2. The van der Waals surface area contributed by atoms with Crippen molar-refractivity contribution >= 4 is 16.9 Å². The van der Waals surface area contributed by atoms with Gasteiger partial charge in [-0.05, 0) is 49.2 Å². The third-order valence-electron chi connectivity index (χ3n) is 7.75. The van der Waals surface area contributed by atoms with Crippen molar-refractivity contribution in [3.63, 3.8) is 0 Å². The number of rotatable bonds is 5. The van der Waals surface area contributed by atoms with Crippen molar-refractivity contribution in [1.82, 2.24) is 29.3 Å². The summed E-state index contributed by atoms with van der Waals surface area (Å²) in [4.78, 5) is 29.5. The van der Waals surface area contributed by atoms with E-state index in [4.69, 9.17) is 4.98 Å². The highest BCUT2D eigenvalue weighted by Crippen LogP contribution is 2.35. The summed E-state index contributed by atoms with van der Waals surface area (Å²) in [6.45, 7) is 2.81. The monoisotopic (exact) mass is 504 g/mol. The SMILES string of the molecule is O=C(N1CCC(n2c(-c3ccccn3)nc3cc(F)ccc32)CC1)C1(F)CCN(Cc2ccc[nH]2)CC1.